The number of guanidine groups is 1. The van der Waals surface area contributed by atoms with E-state index < -0.39 is 11.4 Å². The topological polar surface area (TPSA) is 95.1 Å². The molecule has 0 aliphatic carbocycles. The van der Waals surface area contributed by atoms with E-state index in [2.05, 4.69) is 20.9 Å². The highest BCUT2D eigenvalue weighted by Gasteiger charge is 2.34. The van der Waals surface area contributed by atoms with Crippen molar-refractivity contribution >= 4 is 47.6 Å². The summed E-state index contributed by atoms with van der Waals surface area (Å²) < 4.78 is 18.5. The Balaban J connectivity index is 0.00000420. The monoisotopic (exact) mass is 521 g/mol. The fourth-order valence-corrected chi connectivity index (χ4v) is 2.48. The summed E-state index contributed by atoms with van der Waals surface area (Å²) in [5.41, 5.74) is -0.147. The van der Waals surface area contributed by atoms with Crippen molar-refractivity contribution in [3.05, 3.63) is 30.1 Å². The number of carbonyl (C=O) groups is 2. The van der Waals surface area contributed by atoms with Crippen molar-refractivity contribution in [1.29, 1.82) is 0 Å². The number of benzene rings is 1. The van der Waals surface area contributed by atoms with E-state index >= 15 is 0 Å². The second-order valence-electron chi connectivity index (χ2n) is 7.48. The first-order valence-corrected chi connectivity index (χ1v) is 9.24. The minimum absolute atomic E-state index is 0. The molecule has 0 radical (unpaired) electrons. The van der Waals surface area contributed by atoms with Gasteiger partial charge in [-0.25, -0.2) is 14.2 Å². The highest BCUT2D eigenvalue weighted by Crippen LogP contribution is 2.15. The van der Waals surface area contributed by atoms with Crippen LogP contribution in [0.1, 0.15) is 27.7 Å². The van der Waals surface area contributed by atoms with E-state index in [0.29, 0.717) is 31.3 Å². The first-order chi connectivity index (χ1) is 13.2. The van der Waals surface area contributed by atoms with Gasteiger partial charge in [0, 0.05) is 25.3 Å². The first-order valence-electron chi connectivity index (χ1n) is 9.24. The molecule has 1 heterocycles. The number of likely N-dealkylation sites (tertiary alicyclic amines) is 1. The smallest absolute Gasteiger partial charge is 0.410 e. The Hall–Kier alpha value is -2.11. The fraction of sp³-hybridized carbons (Fsp3) is 0.526. The van der Waals surface area contributed by atoms with Crippen molar-refractivity contribution in [2.24, 2.45) is 4.99 Å². The number of halogens is 2. The fourth-order valence-electron chi connectivity index (χ4n) is 2.48. The summed E-state index contributed by atoms with van der Waals surface area (Å²) in [6.07, 6.45) is -0.345. The molecule has 2 amide bonds. The number of hydrogen-bond donors (Lipinski definition) is 3. The van der Waals surface area contributed by atoms with Gasteiger partial charge in [0.05, 0.1) is 6.04 Å². The molecule has 0 bridgehead atoms. The standard InChI is InChI=1S/C19H28FN5O3.HI/c1-5-21-17(22-10-16(26)23-14-8-6-7-13(20)9-14)24-15-11-25(12-15)18(27)28-19(2,3)4;/h6-9,15H,5,10-12H2,1-4H3,(H,23,26)(H2,21,22,24);1H. The molecule has 0 aromatic heterocycles. The average molecular weight is 521 g/mol. The molecule has 3 N–H and O–H groups in total. The van der Waals surface area contributed by atoms with Crippen LogP contribution in [0.2, 0.25) is 0 Å². The van der Waals surface area contributed by atoms with Crippen LogP contribution in [0, 0.1) is 5.82 Å². The molecule has 0 spiro atoms. The third kappa shape index (κ3) is 8.84. The zero-order valence-electron chi connectivity index (χ0n) is 17.1. The Morgan fingerprint density at radius 2 is 2.00 bits per heavy atom. The Morgan fingerprint density at radius 1 is 1.31 bits per heavy atom. The van der Waals surface area contributed by atoms with E-state index in [1.165, 1.54) is 18.2 Å². The van der Waals surface area contributed by atoms with Gasteiger partial charge in [0.1, 0.15) is 18.0 Å². The number of rotatable bonds is 5. The highest BCUT2D eigenvalue weighted by atomic mass is 127. The number of nitrogens with one attached hydrogen (secondary N) is 3. The van der Waals surface area contributed by atoms with E-state index in [9.17, 15) is 14.0 Å². The van der Waals surface area contributed by atoms with Gasteiger partial charge in [-0.1, -0.05) is 6.07 Å². The van der Waals surface area contributed by atoms with Gasteiger partial charge in [-0.05, 0) is 45.9 Å². The maximum atomic E-state index is 13.2. The van der Waals surface area contributed by atoms with Gasteiger partial charge in [0.25, 0.3) is 0 Å². The summed E-state index contributed by atoms with van der Waals surface area (Å²) in [7, 11) is 0. The van der Waals surface area contributed by atoms with Crippen LogP contribution in [-0.2, 0) is 9.53 Å². The van der Waals surface area contributed by atoms with E-state index in [-0.39, 0.29) is 48.6 Å². The molecular weight excluding hydrogens is 492 g/mol. The SMILES string of the molecule is CCNC(=NCC(=O)Nc1cccc(F)c1)NC1CN(C(=O)OC(C)(C)C)C1.I. The van der Waals surface area contributed by atoms with Gasteiger partial charge in [0.2, 0.25) is 5.91 Å². The molecule has 8 nitrogen and oxygen atoms in total. The number of ether oxygens (including phenoxy) is 1. The lowest BCUT2D eigenvalue weighted by Gasteiger charge is -2.40. The molecule has 1 saturated heterocycles. The van der Waals surface area contributed by atoms with Crippen LogP contribution in [0.4, 0.5) is 14.9 Å². The molecule has 1 fully saturated rings. The molecule has 29 heavy (non-hydrogen) atoms. The van der Waals surface area contributed by atoms with Gasteiger partial charge in [-0.3, -0.25) is 4.79 Å². The van der Waals surface area contributed by atoms with Crippen molar-refractivity contribution in [1.82, 2.24) is 15.5 Å². The number of hydrogen-bond acceptors (Lipinski definition) is 4. The highest BCUT2D eigenvalue weighted by molar-refractivity contribution is 14.0. The average Bonchev–Trinajstić information content (AvgIpc) is 2.53. The molecule has 10 heteroatoms. The summed E-state index contributed by atoms with van der Waals surface area (Å²) in [5, 5.41) is 8.83. The van der Waals surface area contributed by atoms with Crippen LogP contribution in [0.25, 0.3) is 0 Å². The Bertz CT molecular complexity index is 733. The van der Waals surface area contributed by atoms with Crippen LogP contribution in [0.5, 0.6) is 0 Å². The second-order valence-corrected chi connectivity index (χ2v) is 7.48. The second kappa shape index (κ2) is 11.2. The normalized spacial score (nSPS) is 14.4. The first kappa shape index (κ1) is 24.9. The maximum absolute atomic E-state index is 13.2. The van der Waals surface area contributed by atoms with Gasteiger partial charge in [0.15, 0.2) is 5.96 Å². The molecule has 2 rings (SSSR count). The summed E-state index contributed by atoms with van der Waals surface area (Å²) in [6.45, 7) is 8.89. The molecule has 0 saturated carbocycles. The third-order valence-corrected chi connectivity index (χ3v) is 3.71. The largest absolute Gasteiger partial charge is 0.444 e. The van der Waals surface area contributed by atoms with E-state index in [0.717, 1.165) is 0 Å². The van der Waals surface area contributed by atoms with Crippen molar-refractivity contribution in [2.45, 2.75) is 39.3 Å². The van der Waals surface area contributed by atoms with Gasteiger partial charge in [-0.2, -0.15) is 0 Å². The lowest BCUT2D eigenvalue weighted by atomic mass is 10.1. The van der Waals surface area contributed by atoms with Crippen molar-refractivity contribution in [2.75, 3.05) is 31.5 Å². The molecule has 162 valence electrons. The summed E-state index contributed by atoms with van der Waals surface area (Å²) in [6, 6.07) is 5.70. The zero-order valence-corrected chi connectivity index (χ0v) is 19.5. The van der Waals surface area contributed by atoms with Crippen LogP contribution in [-0.4, -0.2) is 60.7 Å². The summed E-state index contributed by atoms with van der Waals surface area (Å²) >= 11 is 0. The molecule has 0 atom stereocenters. The van der Waals surface area contributed by atoms with Gasteiger partial charge in [-0.15, -0.1) is 24.0 Å². The van der Waals surface area contributed by atoms with Gasteiger partial charge >= 0.3 is 6.09 Å². The van der Waals surface area contributed by atoms with Gasteiger partial charge < -0.3 is 25.6 Å². The number of anilines is 1. The van der Waals surface area contributed by atoms with Crippen molar-refractivity contribution in [3.8, 4) is 0 Å². The summed E-state index contributed by atoms with van der Waals surface area (Å²) in [5.74, 6) is -0.298. The molecule has 1 aromatic rings. The third-order valence-electron chi connectivity index (χ3n) is 3.71. The molecule has 0 unspecified atom stereocenters. The number of amides is 2. The van der Waals surface area contributed by atoms with E-state index in [4.69, 9.17) is 4.74 Å². The Labute approximate surface area is 187 Å². The van der Waals surface area contributed by atoms with Crippen molar-refractivity contribution in [3.63, 3.8) is 0 Å². The van der Waals surface area contributed by atoms with Crippen LogP contribution in [0.3, 0.4) is 0 Å². The van der Waals surface area contributed by atoms with Crippen LogP contribution in [0.15, 0.2) is 29.3 Å². The maximum Gasteiger partial charge on any atom is 0.410 e. The lowest BCUT2D eigenvalue weighted by Crippen LogP contribution is -2.63. The lowest BCUT2D eigenvalue weighted by molar-refractivity contribution is -0.114. The molecular formula is C19H29FIN5O3. The molecule has 1 aromatic carbocycles. The number of nitrogens with zero attached hydrogens (tertiary/aromatic N) is 2. The zero-order chi connectivity index (χ0) is 20.7. The predicted octanol–water partition coefficient (Wildman–Crippen LogP) is 2.56. The number of aliphatic imine (C=N–C) groups is 1. The quantitative estimate of drug-likeness (QED) is 0.315. The van der Waals surface area contributed by atoms with Crippen molar-refractivity contribution < 1.29 is 18.7 Å². The van der Waals surface area contributed by atoms with Crippen LogP contribution >= 0.6 is 24.0 Å². The van der Waals surface area contributed by atoms with E-state index in [1.54, 1.807) is 11.0 Å². The Morgan fingerprint density at radius 3 is 2.59 bits per heavy atom. The Kier molecular flexibility index (Phi) is 9.60. The van der Waals surface area contributed by atoms with Crippen LogP contribution < -0.4 is 16.0 Å². The minimum Gasteiger partial charge on any atom is -0.444 e. The predicted molar refractivity (Wildman–Crippen MR) is 121 cm³/mol. The summed E-state index contributed by atoms with van der Waals surface area (Å²) in [4.78, 5) is 29.8. The van der Waals surface area contributed by atoms with E-state index in [1.807, 2.05) is 27.7 Å². The molecule has 1 aliphatic heterocycles. The minimum atomic E-state index is -0.527. The number of carbonyl (C=O) groups excluding carboxylic acids is 2. The molecule has 1 aliphatic rings.